The second-order valence-corrected chi connectivity index (χ2v) is 7.29. The summed E-state index contributed by atoms with van der Waals surface area (Å²) in [6.45, 7) is 6.78. The van der Waals surface area contributed by atoms with Crippen molar-refractivity contribution in [1.82, 2.24) is 9.97 Å². The first kappa shape index (κ1) is 15.9. The number of fused-ring (bicyclic) bond motifs is 2. The Morgan fingerprint density at radius 3 is 2.48 bits per heavy atom. The van der Waals surface area contributed by atoms with Gasteiger partial charge in [-0.1, -0.05) is 57.2 Å². The standard InChI is InChI=1S/C23H24N2/c1-15(2)20-12-24-13-22-17(7-6-9-18(20)22)11-16(3)21-14-25-23-10-5-4-8-19(21)23/h4-10,12-16,25H,11H2,1-3H3/t16-/m0/s1. The SMILES string of the molecule is CC(C)c1cncc2c(C[C@H](C)c3c[nH]c4ccccc34)cccc12. The van der Waals surface area contributed by atoms with E-state index in [-0.39, 0.29) is 0 Å². The zero-order valence-electron chi connectivity index (χ0n) is 15.1. The summed E-state index contributed by atoms with van der Waals surface area (Å²) in [5.41, 5.74) is 5.32. The van der Waals surface area contributed by atoms with Crippen LogP contribution in [0.2, 0.25) is 0 Å². The lowest BCUT2D eigenvalue weighted by Gasteiger charge is -2.15. The Kier molecular flexibility index (Phi) is 4.04. The van der Waals surface area contributed by atoms with Gasteiger partial charge in [0.15, 0.2) is 0 Å². The molecular formula is C23H24N2. The van der Waals surface area contributed by atoms with Crippen LogP contribution in [0, 0.1) is 0 Å². The molecule has 1 N–H and O–H groups in total. The minimum atomic E-state index is 0.449. The maximum atomic E-state index is 4.51. The third-order valence-electron chi connectivity index (χ3n) is 5.22. The van der Waals surface area contributed by atoms with E-state index in [1.165, 1.54) is 38.4 Å². The molecule has 4 aromatic rings. The van der Waals surface area contributed by atoms with Gasteiger partial charge in [0.2, 0.25) is 0 Å². The van der Waals surface area contributed by atoms with Gasteiger partial charge >= 0.3 is 0 Å². The third-order valence-corrected chi connectivity index (χ3v) is 5.22. The van der Waals surface area contributed by atoms with Crippen LogP contribution in [0.1, 0.15) is 49.3 Å². The molecule has 0 unspecified atom stereocenters. The number of nitrogens with one attached hydrogen (secondary N) is 1. The van der Waals surface area contributed by atoms with Crippen LogP contribution in [0.4, 0.5) is 0 Å². The molecule has 2 aromatic heterocycles. The molecular weight excluding hydrogens is 304 g/mol. The van der Waals surface area contributed by atoms with Crippen LogP contribution in [-0.4, -0.2) is 9.97 Å². The van der Waals surface area contributed by atoms with Crippen molar-refractivity contribution in [2.45, 2.75) is 39.0 Å². The summed E-state index contributed by atoms with van der Waals surface area (Å²) >= 11 is 0. The van der Waals surface area contributed by atoms with Crippen molar-refractivity contribution >= 4 is 21.7 Å². The molecule has 0 amide bonds. The monoisotopic (exact) mass is 328 g/mol. The molecule has 4 rings (SSSR count). The third kappa shape index (κ3) is 2.82. The molecule has 2 aromatic carbocycles. The molecule has 0 fully saturated rings. The van der Waals surface area contributed by atoms with Gasteiger partial charge in [-0.3, -0.25) is 4.98 Å². The fraction of sp³-hybridized carbons (Fsp3) is 0.261. The van der Waals surface area contributed by atoms with Gasteiger partial charge in [0.05, 0.1) is 0 Å². The molecule has 0 bridgehead atoms. The first-order chi connectivity index (χ1) is 12.1. The fourth-order valence-corrected chi connectivity index (χ4v) is 3.86. The van der Waals surface area contributed by atoms with Gasteiger partial charge in [0, 0.05) is 34.9 Å². The van der Waals surface area contributed by atoms with E-state index < -0.39 is 0 Å². The summed E-state index contributed by atoms with van der Waals surface area (Å²) in [6, 6.07) is 15.2. The Labute approximate surface area is 148 Å². The zero-order valence-corrected chi connectivity index (χ0v) is 15.1. The maximum Gasteiger partial charge on any atom is 0.0456 e. The van der Waals surface area contributed by atoms with E-state index in [1.807, 2.05) is 12.4 Å². The van der Waals surface area contributed by atoms with Crippen molar-refractivity contribution in [2.24, 2.45) is 0 Å². The van der Waals surface area contributed by atoms with Crippen LogP contribution in [0.15, 0.2) is 61.1 Å². The van der Waals surface area contributed by atoms with Crippen LogP contribution in [0.5, 0.6) is 0 Å². The number of hydrogen-bond donors (Lipinski definition) is 1. The highest BCUT2D eigenvalue weighted by molar-refractivity contribution is 5.88. The van der Waals surface area contributed by atoms with Crippen molar-refractivity contribution in [2.75, 3.05) is 0 Å². The van der Waals surface area contributed by atoms with E-state index in [0.717, 1.165) is 6.42 Å². The van der Waals surface area contributed by atoms with Crippen molar-refractivity contribution in [1.29, 1.82) is 0 Å². The minimum Gasteiger partial charge on any atom is -0.361 e. The highest BCUT2D eigenvalue weighted by Gasteiger charge is 2.14. The number of pyridine rings is 1. The van der Waals surface area contributed by atoms with E-state index in [0.29, 0.717) is 11.8 Å². The van der Waals surface area contributed by atoms with Crippen molar-refractivity contribution < 1.29 is 0 Å². The number of aromatic nitrogens is 2. The van der Waals surface area contributed by atoms with Gasteiger partial charge in [-0.25, -0.2) is 0 Å². The lowest BCUT2D eigenvalue weighted by molar-refractivity contribution is 0.769. The highest BCUT2D eigenvalue weighted by atomic mass is 14.7. The van der Waals surface area contributed by atoms with E-state index in [2.05, 4.69) is 79.4 Å². The van der Waals surface area contributed by atoms with Gasteiger partial charge in [0.25, 0.3) is 0 Å². The topological polar surface area (TPSA) is 28.7 Å². The number of H-pyrrole nitrogens is 1. The van der Waals surface area contributed by atoms with Crippen LogP contribution >= 0.6 is 0 Å². The van der Waals surface area contributed by atoms with Gasteiger partial charge in [-0.15, -0.1) is 0 Å². The smallest absolute Gasteiger partial charge is 0.0456 e. The van der Waals surface area contributed by atoms with Gasteiger partial charge in [-0.2, -0.15) is 0 Å². The Hall–Kier alpha value is -2.61. The van der Waals surface area contributed by atoms with E-state index in [1.54, 1.807) is 0 Å². The fourth-order valence-electron chi connectivity index (χ4n) is 3.86. The number of benzene rings is 2. The Morgan fingerprint density at radius 1 is 0.840 bits per heavy atom. The average molecular weight is 328 g/mol. The lowest BCUT2D eigenvalue weighted by atomic mass is 9.89. The zero-order chi connectivity index (χ0) is 17.4. The van der Waals surface area contributed by atoms with Crippen LogP contribution in [-0.2, 0) is 6.42 Å². The van der Waals surface area contributed by atoms with Gasteiger partial charge in [-0.05, 0) is 46.4 Å². The molecule has 25 heavy (non-hydrogen) atoms. The summed E-state index contributed by atoms with van der Waals surface area (Å²) in [6.07, 6.45) is 7.22. The summed E-state index contributed by atoms with van der Waals surface area (Å²) < 4.78 is 0. The Morgan fingerprint density at radius 2 is 1.64 bits per heavy atom. The van der Waals surface area contributed by atoms with Crippen molar-refractivity contribution in [3.05, 3.63) is 77.7 Å². The van der Waals surface area contributed by atoms with E-state index >= 15 is 0 Å². The number of aromatic amines is 1. The molecule has 0 aliphatic rings. The molecule has 1 atom stereocenters. The molecule has 0 saturated carbocycles. The summed E-state index contributed by atoms with van der Waals surface area (Å²) in [5, 5.41) is 3.96. The molecule has 0 aliphatic carbocycles. The molecule has 0 aliphatic heterocycles. The van der Waals surface area contributed by atoms with Crippen LogP contribution < -0.4 is 0 Å². The van der Waals surface area contributed by atoms with Gasteiger partial charge < -0.3 is 4.98 Å². The van der Waals surface area contributed by atoms with Crippen LogP contribution in [0.25, 0.3) is 21.7 Å². The number of nitrogens with zero attached hydrogens (tertiary/aromatic N) is 1. The number of hydrogen-bond acceptors (Lipinski definition) is 1. The summed E-state index contributed by atoms with van der Waals surface area (Å²) in [7, 11) is 0. The Balaban J connectivity index is 1.74. The molecule has 126 valence electrons. The summed E-state index contributed by atoms with van der Waals surface area (Å²) in [5.74, 6) is 0.932. The summed E-state index contributed by atoms with van der Waals surface area (Å²) in [4.78, 5) is 7.91. The lowest BCUT2D eigenvalue weighted by Crippen LogP contribution is -2.00. The molecule has 0 radical (unpaired) electrons. The molecule has 0 saturated heterocycles. The first-order valence-electron chi connectivity index (χ1n) is 9.06. The molecule has 2 nitrogen and oxygen atoms in total. The number of para-hydroxylation sites is 1. The number of rotatable bonds is 4. The second kappa shape index (κ2) is 6.36. The molecule has 2 heterocycles. The Bertz CT molecular complexity index is 1030. The second-order valence-electron chi connectivity index (χ2n) is 7.29. The quantitative estimate of drug-likeness (QED) is 0.475. The maximum absolute atomic E-state index is 4.51. The first-order valence-corrected chi connectivity index (χ1v) is 9.06. The van der Waals surface area contributed by atoms with Crippen LogP contribution in [0.3, 0.4) is 0 Å². The predicted octanol–water partition coefficient (Wildman–Crippen LogP) is 6.19. The predicted molar refractivity (Wildman–Crippen MR) is 106 cm³/mol. The van der Waals surface area contributed by atoms with Gasteiger partial charge in [0.1, 0.15) is 0 Å². The molecule has 2 heteroatoms. The normalized spacial score (nSPS) is 13.0. The van der Waals surface area contributed by atoms with E-state index in [9.17, 15) is 0 Å². The minimum absolute atomic E-state index is 0.449. The van der Waals surface area contributed by atoms with Crippen molar-refractivity contribution in [3.8, 4) is 0 Å². The largest absolute Gasteiger partial charge is 0.361 e. The van der Waals surface area contributed by atoms with Crippen molar-refractivity contribution in [3.63, 3.8) is 0 Å². The highest BCUT2D eigenvalue weighted by Crippen LogP contribution is 2.32. The van der Waals surface area contributed by atoms with E-state index in [4.69, 9.17) is 0 Å². The average Bonchev–Trinajstić information content (AvgIpc) is 3.05. The molecule has 0 spiro atoms.